The van der Waals surface area contributed by atoms with E-state index in [1.165, 1.54) is 5.56 Å². The average molecular weight is 361 g/mol. The highest BCUT2D eigenvalue weighted by molar-refractivity contribution is 5.77. The highest BCUT2D eigenvalue weighted by Gasteiger charge is 2.09. The molecule has 0 aliphatic carbocycles. The van der Waals surface area contributed by atoms with Crippen molar-refractivity contribution in [1.82, 2.24) is 15.3 Å². The van der Waals surface area contributed by atoms with Gasteiger partial charge in [-0.1, -0.05) is 67.1 Å². The summed E-state index contributed by atoms with van der Waals surface area (Å²) >= 11 is 0. The molecule has 27 heavy (non-hydrogen) atoms. The summed E-state index contributed by atoms with van der Waals surface area (Å²) in [4.78, 5) is 21.1. The maximum absolute atomic E-state index is 12.1. The van der Waals surface area contributed by atoms with E-state index in [1.807, 2.05) is 68.4 Å². The Bertz CT molecular complexity index is 893. The lowest BCUT2D eigenvalue weighted by molar-refractivity contribution is -0.123. The third kappa shape index (κ3) is 5.38. The van der Waals surface area contributed by atoms with Crippen LogP contribution in [0, 0.1) is 6.92 Å². The minimum Gasteiger partial charge on any atom is -0.467 e. The number of hydrogen-bond acceptors (Lipinski definition) is 4. The first-order chi connectivity index (χ1) is 13.1. The van der Waals surface area contributed by atoms with Gasteiger partial charge in [0.25, 0.3) is 5.91 Å². The Morgan fingerprint density at radius 2 is 1.78 bits per heavy atom. The molecule has 2 aromatic carbocycles. The second-order valence-corrected chi connectivity index (χ2v) is 6.29. The third-order valence-electron chi connectivity index (χ3n) is 4.11. The monoisotopic (exact) mass is 361 g/mol. The van der Waals surface area contributed by atoms with Crippen LogP contribution in [0.15, 0.2) is 60.7 Å². The van der Waals surface area contributed by atoms with Gasteiger partial charge in [0, 0.05) is 23.9 Å². The van der Waals surface area contributed by atoms with E-state index < -0.39 is 0 Å². The van der Waals surface area contributed by atoms with Gasteiger partial charge in [0.05, 0.1) is 0 Å². The Labute approximate surface area is 159 Å². The molecule has 1 N–H and O–H groups in total. The van der Waals surface area contributed by atoms with Crippen molar-refractivity contribution in [3.05, 3.63) is 77.5 Å². The molecule has 0 bridgehead atoms. The largest absolute Gasteiger partial charge is 0.467 e. The van der Waals surface area contributed by atoms with Crippen LogP contribution in [0.3, 0.4) is 0 Å². The number of aromatic nitrogens is 2. The number of benzene rings is 2. The maximum atomic E-state index is 12.1. The van der Waals surface area contributed by atoms with Crippen LogP contribution in [-0.2, 0) is 17.8 Å². The summed E-state index contributed by atoms with van der Waals surface area (Å²) in [5, 5.41) is 2.86. The van der Waals surface area contributed by atoms with Crippen molar-refractivity contribution in [3.8, 4) is 17.3 Å². The molecule has 3 rings (SSSR count). The molecular formula is C22H23N3O2. The van der Waals surface area contributed by atoms with Crippen molar-refractivity contribution in [3.63, 3.8) is 0 Å². The topological polar surface area (TPSA) is 64.1 Å². The predicted molar refractivity (Wildman–Crippen MR) is 105 cm³/mol. The van der Waals surface area contributed by atoms with Gasteiger partial charge in [-0.3, -0.25) is 4.79 Å². The van der Waals surface area contributed by atoms with Crippen molar-refractivity contribution in [2.45, 2.75) is 26.8 Å². The predicted octanol–water partition coefficient (Wildman–Crippen LogP) is 3.71. The summed E-state index contributed by atoms with van der Waals surface area (Å²) in [7, 11) is 0. The third-order valence-corrected chi connectivity index (χ3v) is 4.11. The van der Waals surface area contributed by atoms with E-state index in [4.69, 9.17) is 4.74 Å². The number of carbonyl (C=O) groups is 1. The minimum atomic E-state index is -0.187. The zero-order valence-electron chi connectivity index (χ0n) is 15.6. The van der Waals surface area contributed by atoms with Crippen molar-refractivity contribution < 1.29 is 9.53 Å². The molecule has 0 aliphatic rings. The molecule has 1 amide bonds. The van der Waals surface area contributed by atoms with Gasteiger partial charge in [0.2, 0.25) is 5.88 Å². The number of nitrogens with one attached hydrogen (secondary N) is 1. The summed E-state index contributed by atoms with van der Waals surface area (Å²) in [6, 6.07) is 19.6. The molecule has 0 aliphatic heterocycles. The number of carbonyl (C=O) groups excluding carboxylic acids is 1. The molecule has 5 heteroatoms. The van der Waals surface area contributed by atoms with E-state index in [2.05, 4.69) is 15.3 Å². The fraction of sp³-hybridized carbons (Fsp3) is 0.227. The molecule has 1 heterocycles. The van der Waals surface area contributed by atoms with Gasteiger partial charge in [0.15, 0.2) is 12.4 Å². The Hall–Kier alpha value is -3.21. The Morgan fingerprint density at radius 3 is 2.48 bits per heavy atom. The molecule has 5 nitrogen and oxygen atoms in total. The fourth-order valence-electron chi connectivity index (χ4n) is 2.54. The Kier molecular flexibility index (Phi) is 6.15. The summed E-state index contributed by atoms with van der Waals surface area (Å²) in [5.74, 6) is 0.824. The van der Waals surface area contributed by atoms with Crippen LogP contribution >= 0.6 is 0 Å². The second kappa shape index (κ2) is 8.94. The summed E-state index contributed by atoms with van der Waals surface area (Å²) in [5.41, 5.74) is 4.04. The Morgan fingerprint density at radius 1 is 1.04 bits per heavy atom. The lowest BCUT2D eigenvalue weighted by atomic mass is 10.1. The molecule has 0 saturated carbocycles. The van der Waals surface area contributed by atoms with E-state index in [-0.39, 0.29) is 12.5 Å². The van der Waals surface area contributed by atoms with Crippen molar-refractivity contribution in [1.29, 1.82) is 0 Å². The smallest absolute Gasteiger partial charge is 0.258 e. The normalized spacial score (nSPS) is 10.4. The molecule has 0 spiro atoms. The zero-order chi connectivity index (χ0) is 19.1. The van der Waals surface area contributed by atoms with Gasteiger partial charge in [-0.05, 0) is 18.9 Å². The quantitative estimate of drug-likeness (QED) is 0.697. The summed E-state index contributed by atoms with van der Waals surface area (Å²) in [6.45, 7) is 4.45. The van der Waals surface area contributed by atoms with Crippen molar-refractivity contribution in [2.75, 3.05) is 6.61 Å². The highest BCUT2D eigenvalue weighted by Crippen LogP contribution is 2.19. The zero-order valence-corrected chi connectivity index (χ0v) is 15.6. The standard InChI is InChI=1S/C22H23N3O2/c1-3-19-13-21(25-22(24-19)18-7-5-4-6-8-18)27-15-20(26)23-14-17-11-9-16(2)10-12-17/h4-13H,3,14-15H2,1-2H3,(H,23,26). The van der Waals surface area contributed by atoms with E-state index in [1.54, 1.807) is 6.07 Å². The van der Waals surface area contributed by atoms with E-state index in [9.17, 15) is 4.79 Å². The number of ether oxygens (including phenoxy) is 1. The molecular weight excluding hydrogens is 338 g/mol. The number of amides is 1. The first-order valence-electron chi connectivity index (χ1n) is 9.02. The lowest BCUT2D eigenvalue weighted by Gasteiger charge is -2.10. The molecule has 0 atom stereocenters. The molecule has 0 fully saturated rings. The first kappa shape index (κ1) is 18.6. The van der Waals surface area contributed by atoms with Crippen molar-refractivity contribution in [2.24, 2.45) is 0 Å². The van der Waals surface area contributed by atoms with Gasteiger partial charge < -0.3 is 10.1 Å². The van der Waals surface area contributed by atoms with Gasteiger partial charge in [-0.2, -0.15) is 4.98 Å². The minimum absolute atomic E-state index is 0.0831. The highest BCUT2D eigenvalue weighted by atomic mass is 16.5. The molecule has 0 unspecified atom stereocenters. The van der Waals surface area contributed by atoms with Crippen molar-refractivity contribution >= 4 is 5.91 Å². The number of hydrogen-bond donors (Lipinski definition) is 1. The molecule has 1 aromatic heterocycles. The van der Waals surface area contributed by atoms with Crippen LogP contribution in [0.2, 0.25) is 0 Å². The SMILES string of the molecule is CCc1cc(OCC(=O)NCc2ccc(C)cc2)nc(-c2ccccc2)n1. The van der Waals surface area contributed by atoms with Gasteiger partial charge >= 0.3 is 0 Å². The van der Waals surface area contributed by atoms with Gasteiger partial charge in [-0.25, -0.2) is 4.98 Å². The maximum Gasteiger partial charge on any atom is 0.258 e. The van der Waals surface area contributed by atoms with Crippen LogP contribution in [-0.4, -0.2) is 22.5 Å². The number of rotatable bonds is 7. The number of nitrogens with zero attached hydrogens (tertiary/aromatic N) is 2. The van der Waals surface area contributed by atoms with Crippen LogP contribution < -0.4 is 10.1 Å². The molecule has 0 saturated heterocycles. The van der Waals surface area contributed by atoms with Crippen LogP contribution in [0.25, 0.3) is 11.4 Å². The van der Waals surface area contributed by atoms with Gasteiger partial charge in [-0.15, -0.1) is 0 Å². The van der Waals surface area contributed by atoms with Crippen LogP contribution in [0.1, 0.15) is 23.7 Å². The van der Waals surface area contributed by atoms with E-state index in [0.29, 0.717) is 18.2 Å². The molecule has 3 aromatic rings. The summed E-state index contributed by atoms with van der Waals surface area (Å²) in [6.07, 6.45) is 0.762. The van der Waals surface area contributed by atoms with E-state index in [0.717, 1.165) is 23.2 Å². The second-order valence-electron chi connectivity index (χ2n) is 6.29. The lowest BCUT2D eigenvalue weighted by Crippen LogP contribution is -2.28. The van der Waals surface area contributed by atoms with Crippen LogP contribution in [0.4, 0.5) is 0 Å². The fourth-order valence-corrected chi connectivity index (χ4v) is 2.54. The summed E-state index contributed by atoms with van der Waals surface area (Å²) < 4.78 is 5.62. The number of aryl methyl sites for hydroxylation is 2. The average Bonchev–Trinajstić information content (AvgIpc) is 2.72. The molecule has 138 valence electrons. The van der Waals surface area contributed by atoms with Gasteiger partial charge in [0.1, 0.15) is 0 Å². The molecule has 0 radical (unpaired) electrons. The van der Waals surface area contributed by atoms with Crippen LogP contribution in [0.5, 0.6) is 5.88 Å². The van der Waals surface area contributed by atoms with E-state index >= 15 is 0 Å². The first-order valence-corrected chi connectivity index (χ1v) is 9.02. The Balaban J connectivity index is 1.61.